The van der Waals surface area contributed by atoms with Crippen molar-refractivity contribution in [3.8, 4) is 0 Å². The molecule has 3 N–H and O–H groups in total. The second-order valence-corrected chi connectivity index (χ2v) is 5.30. The summed E-state index contributed by atoms with van der Waals surface area (Å²) in [4.78, 5) is 11.3. The topological polar surface area (TPSA) is 78.8 Å². The van der Waals surface area contributed by atoms with Crippen molar-refractivity contribution >= 4 is 5.97 Å². The number of hydrogen-bond acceptors (Lipinski definition) is 4. The number of ether oxygens (including phenoxy) is 1. The molecule has 110 valence electrons. The standard InChI is InChI=1S/C15H21NO4/c1-11-15(19,7-8-20-11)10-16-9-13(14(17)18)12-5-3-2-4-6-12/h2-6,11,13,16,19H,7-10H2,1H3,(H,17,18). The summed E-state index contributed by atoms with van der Waals surface area (Å²) in [6, 6.07) is 9.11. The summed E-state index contributed by atoms with van der Waals surface area (Å²) in [5, 5.41) is 22.7. The minimum atomic E-state index is -0.903. The zero-order chi connectivity index (χ0) is 14.6. The van der Waals surface area contributed by atoms with Gasteiger partial charge in [-0.3, -0.25) is 4.79 Å². The lowest BCUT2D eigenvalue weighted by molar-refractivity contribution is -0.138. The molecule has 20 heavy (non-hydrogen) atoms. The van der Waals surface area contributed by atoms with Gasteiger partial charge < -0.3 is 20.3 Å². The van der Waals surface area contributed by atoms with Crippen LogP contribution in [0.3, 0.4) is 0 Å². The van der Waals surface area contributed by atoms with Gasteiger partial charge >= 0.3 is 5.97 Å². The number of nitrogens with one attached hydrogen (secondary N) is 1. The molecule has 0 saturated carbocycles. The van der Waals surface area contributed by atoms with Crippen LogP contribution in [0, 0.1) is 0 Å². The summed E-state index contributed by atoms with van der Waals surface area (Å²) >= 11 is 0. The number of aliphatic carboxylic acids is 1. The Kier molecular flexibility index (Phi) is 4.75. The van der Waals surface area contributed by atoms with Crippen molar-refractivity contribution in [2.45, 2.75) is 31.0 Å². The maximum Gasteiger partial charge on any atom is 0.312 e. The minimum absolute atomic E-state index is 0.227. The lowest BCUT2D eigenvalue weighted by Crippen LogP contribution is -2.47. The number of carboxylic acids is 1. The number of rotatable bonds is 6. The molecule has 5 nitrogen and oxygen atoms in total. The number of carbonyl (C=O) groups is 1. The van der Waals surface area contributed by atoms with Crippen molar-refractivity contribution in [3.05, 3.63) is 35.9 Å². The first-order chi connectivity index (χ1) is 9.53. The van der Waals surface area contributed by atoms with Gasteiger partial charge in [0.25, 0.3) is 0 Å². The highest BCUT2D eigenvalue weighted by atomic mass is 16.5. The van der Waals surface area contributed by atoms with Crippen LogP contribution in [-0.4, -0.2) is 47.6 Å². The highest BCUT2D eigenvalue weighted by Crippen LogP contribution is 2.25. The van der Waals surface area contributed by atoms with Crippen LogP contribution in [0.15, 0.2) is 30.3 Å². The van der Waals surface area contributed by atoms with Crippen LogP contribution in [0.4, 0.5) is 0 Å². The normalized spacial score (nSPS) is 27.4. The van der Waals surface area contributed by atoms with Gasteiger partial charge in [0.1, 0.15) is 5.60 Å². The van der Waals surface area contributed by atoms with Crippen LogP contribution in [0.1, 0.15) is 24.8 Å². The summed E-state index contributed by atoms with van der Waals surface area (Å²) < 4.78 is 5.35. The molecule has 1 heterocycles. The highest BCUT2D eigenvalue weighted by Gasteiger charge is 2.39. The second kappa shape index (κ2) is 6.35. The Balaban J connectivity index is 1.92. The first-order valence-electron chi connectivity index (χ1n) is 6.85. The van der Waals surface area contributed by atoms with E-state index in [4.69, 9.17) is 4.74 Å². The van der Waals surface area contributed by atoms with E-state index < -0.39 is 17.5 Å². The van der Waals surface area contributed by atoms with Crippen LogP contribution in [-0.2, 0) is 9.53 Å². The van der Waals surface area contributed by atoms with Gasteiger partial charge in [0, 0.05) is 26.1 Å². The van der Waals surface area contributed by atoms with Crippen molar-refractivity contribution in [2.24, 2.45) is 0 Å². The summed E-state index contributed by atoms with van der Waals surface area (Å²) in [5.41, 5.74) is -0.144. The zero-order valence-electron chi connectivity index (χ0n) is 11.6. The van der Waals surface area contributed by atoms with E-state index in [1.807, 2.05) is 25.1 Å². The van der Waals surface area contributed by atoms with Crippen molar-refractivity contribution in [1.82, 2.24) is 5.32 Å². The zero-order valence-corrected chi connectivity index (χ0v) is 11.6. The molecule has 0 radical (unpaired) electrons. The fourth-order valence-electron chi connectivity index (χ4n) is 2.47. The van der Waals surface area contributed by atoms with Crippen LogP contribution in [0.5, 0.6) is 0 Å². The Morgan fingerprint density at radius 1 is 1.50 bits per heavy atom. The lowest BCUT2D eigenvalue weighted by atomic mass is 9.95. The monoisotopic (exact) mass is 279 g/mol. The molecular formula is C15H21NO4. The fraction of sp³-hybridized carbons (Fsp3) is 0.533. The Bertz CT molecular complexity index is 450. The smallest absolute Gasteiger partial charge is 0.312 e. The van der Waals surface area contributed by atoms with E-state index in [0.717, 1.165) is 5.56 Å². The molecule has 1 aliphatic heterocycles. The van der Waals surface area contributed by atoms with E-state index in [9.17, 15) is 15.0 Å². The molecule has 3 unspecified atom stereocenters. The van der Waals surface area contributed by atoms with Crippen molar-refractivity contribution in [1.29, 1.82) is 0 Å². The molecule has 1 aromatic rings. The average Bonchev–Trinajstić information content (AvgIpc) is 2.76. The Morgan fingerprint density at radius 3 is 2.75 bits per heavy atom. The summed E-state index contributed by atoms with van der Waals surface area (Å²) in [5.74, 6) is -1.48. The predicted molar refractivity (Wildman–Crippen MR) is 74.7 cm³/mol. The fourth-order valence-corrected chi connectivity index (χ4v) is 2.47. The molecule has 1 aromatic carbocycles. The Morgan fingerprint density at radius 2 is 2.20 bits per heavy atom. The maximum atomic E-state index is 11.3. The number of benzene rings is 1. The third kappa shape index (κ3) is 3.36. The van der Waals surface area contributed by atoms with Gasteiger partial charge in [-0.2, -0.15) is 0 Å². The first kappa shape index (κ1) is 15.0. The Hall–Kier alpha value is -1.43. The number of hydrogen-bond donors (Lipinski definition) is 3. The van der Waals surface area contributed by atoms with Crippen LogP contribution in [0.2, 0.25) is 0 Å². The van der Waals surface area contributed by atoms with Crippen LogP contribution in [0.25, 0.3) is 0 Å². The minimum Gasteiger partial charge on any atom is -0.481 e. The first-order valence-corrected chi connectivity index (χ1v) is 6.85. The van der Waals surface area contributed by atoms with Crippen LogP contribution >= 0.6 is 0 Å². The molecule has 1 fully saturated rings. The van der Waals surface area contributed by atoms with Gasteiger partial charge in [0.2, 0.25) is 0 Å². The quantitative estimate of drug-likeness (QED) is 0.723. The SMILES string of the molecule is CC1OCCC1(O)CNCC(C(=O)O)c1ccccc1. The van der Waals surface area contributed by atoms with Gasteiger partial charge in [-0.05, 0) is 12.5 Å². The summed E-state index contributed by atoms with van der Waals surface area (Å²) in [6.45, 7) is 3.00. The largest absolute Gasteiger partial charge is 0.481 e. The molecule has 1 saturated heterocycles. The molecule has 5 heteroatoms. The molecule has 0 aromatic heterocycles. The van der Waals surface area contributed by atoms with Gasteiger partial charge in [-0.15, -0.1) is 0 Å². The van der Waals surface area contributed by atoms with E-state index in [1.165, 1.54) is 0 Å². The molecule has 2 rings (SSSR count). The van der Waals surface area contributed by atoms with E-state index in [1.54, 1.807) is 12.1 Å². The molecule has 0 amide bonds. The lowest BCUT2D eigenvalue weighted by Gasteiger charge is -2.27. The molecule has 1 aliphatic rings. The molecule has 0 spiro atoms. The van der Waals surface area contributed by atoms with E-state index >= 15 is 0 Å². The van der Waals surface area contributed by atoms with Crippen molar-refractivity contribution < 1.29 is 19.7 Å². The maximum absolute atomic E-state index is 11.3. The third-order valence-electron chi connectivity index (χ3n) is 3.94. The van der Waals surface area contributed by atoms with Crippen LogP contribution < -0.4 is 5.32 Å². The average molecular weight is 279 g/mol. The van der Waals surface area contributed by atoms with Gasteiger partial charge in [-0.1, -0.05) is 30.3 Å². The molecule has 0 bridgehead atoms. The van der Waals surface area contributed by atoms with E-state index in [-0.39, 0.29) is 12.6 Å². The molecular weight excluding hydrogens is 258 g/mol. The summed E-state index contributed by atoms with van der Waals surface area (Å²) in [7, 11) is 0. The van der Waals surface area contributed by atoms with Crippen molar-refractivity contribution in [2.75, 3.05) is 19.7 Å². The second-order valence-electron chi connectivity index (χ2n) is 5.30. The van der Waals surface area contributed by atoms with Gasteiger partial charge in [-0.25, -0.2) is 0 Å². The number of carboxylic acid groups (broad SMARTS) is 1. The highest BCUT2D eigenvalue weighted by molar-refractivity contribution is 5.76. The van der Waals surface area contributed by atoms with E-state index in [2.05, 4.69) is 5.32 Å². The third-order valence-corrected chi connectivity index (χ3v) is 3.94. The van der Waals surface area contributed by atoms with Crippen molar-refractivity contribution in [3.63, 3.8) is 0 Å². The molecule has 3 atom stereocenters. The summed E-state index contributed by atoms with van der Waals surface area (Å²) in [6.07, 6.45) is 0.347. The Labute approximate surface area is 118 Å². The number of aliphatic hydroxyl groups is 1. The predicted octanol–water partition coefficient (Wildman–Crippen LogP) is 0.984. The van der Waals surface area contributed by atoms with E-state index in [0.29, 0.717) is 19.6 Å². The molecule has 0 aliphatic carbocycles. The van der Waals surface area contributed by atoms with Gasteiger partial charge in [0.05, 0.1) is 12.0 Å². The van der Waals surface area contributed by atoms with Gasteiger partial charge in [0.15, 0.2) is 0 Å².